The first-order chi connectivity index (χ1) is 13.2. The van der Waals surface area contributed by atoms with Crippen LogP contribution in [0, 0.1) is 29.1 Å². The lowest BCUT2D eigenvalue weighted by Crippen LogP contribution is -2.33. The van der Waals surface area contributed by atoms with Gasteiger partial charge in [-0.15, -0.1) is 0 Å². The van der Waals surface area contributed by atoms with Crippen LogP contribution >= 0.6 is 0 Å². The van der Waals surface area contributed by atoms with Gasteiger partial charge in [-0.2, -0.15) is 8.78 Å². The summed E-state index contributed by atoms with van der Waals surface area (Å²) >= 11 is 0. The monoisotopic (exact) mass is 405 g/mol. The Morgan fingerprint density at radius 2 is 1.57 bits per heavy atom. The van der Waals surface area contributed by atoms with E-state index in [2.05, 4.69) is 4.74 Å². The SMILES string of the molecule is COC(=O)C(N)Cc1ccc(OC)c(COc2c(F)c(F)c(F)c(F)c2F)c1. The summed E-state index contributed by atoms with van der Waals surface area (Å²) in [4.78, 5) is 11.4. The maximum absolute atomic E-state index is 13.7. The molecule has 2 aromatic rings. The fourth-order valence-electron chi connectivity index (χ4n) is 2.42. The van der Waals surface area contributed by atoms with Gasteiger partial charge < -0.3 is 19.9 Å². The van der Waals surface area contributed by atoms with Crippen LogP contribution in [0.15, 0.2) is 18.2 Å². The third-order valence-corrected chi connectivity index (χ3v) is 3.85. The van der Waals surface area contributed by atoms with E-state index in [1.165, 1.54) is 26.4 Å². The van der Waals surface area contributed by atoms with E-state index < -0.39 is 53.5 Å². The van der Waals surface area contributed by atoms with E-state index in [9.17, 15) is 26.7 Å². The molecule has 1 unspecified atom stereocenters. The van der Waals surface area contributed by atoms with Crippen LogP contribution in [0.1, 0.15) is 11.1 Å². The van der Waals surface area contributed by atoms with Crippen molar-refractivity contribution in [1.29, 1.82) is 0 Å². The van der Waals surface area contributed by atoms with Crippen molar-refractivity contribution in [1.82, 2.24) is 0 Å². The molecule has 0 spiro atoms. The summed E-state index contributed by atoms with van der Waals surface area (Å²) in [6.07, 6.45) is 0.0756. The van der Waals surface area contributed by atoms with Gasteiger partial charge in [-0.25, -0.2) is 13.2 Å². The summed E-state index contributed by atoms with van der Waals surface area (Å²) in [5, 5.41) is 0. The minimum Gasteiger partial charge on any atom is -0.496 e. The minimum absolute atomic E-state index is 0.0756. The van der Waals surface area contributed by atoms with Crippen molar-refractivity contribution in [3.8, 4) is 11.5 Å². The van der Waals surface area contributed by atoms with E-state index in [-0.39, 0.29) is 17.7 Å². The molecule has 10 heteroatoms. The summed E-state index contributed by atoms with van der Waals surface area (Å²) in [5.41, 5.74) is 6.45. The quantitative estimate of drug-likeness (QED) is 0.332. The third-order valence-electron chi connectivity index (χ3n) is 3.85. The van der Waals surface area contributed by atoms with Crippen molar-refractivity contribution in [3.63, 3.8) is 0 Å². The molecule has 0 heterocycles. The van der Waals surface area contributed by atoms with Gasteiger partial charge in [-0.05, 0) is 24.1 Å². The van der Waals surface area contributed by atoms with E-state index >= 15 is 0 Å². The van der Waals surface area contributed by atoms with E-state index in [1.54, 1.807) is 6.07 Å². The second-order valence-corrected chi connectivity index (χ2v) is 5.67. The van der Waals surface area contributed by atoms with E-state index in [0.717, 1.165) is 0 Å². The summed E-state index contributed by atoms with van der Waals surface area (Å²) in [7, 11) is 2.50. The number of methoxy groups -OCH3 is 2. The summed E-state index contributed by atoms with van der Waals surface area (Å²) in [6.45, 7) is -0.567. The molecule has 1 atom stereocenters. The van der Waals surface area contributed by atoms with Gasteiger partial charge in [0.25, 0.3) is 0 Å². The Bertz CT molecular complexity index is 862. The molecule has 0 aromatic heterocycles. The van der Waals surface area contributed by atoms with Crippen molar-refractivity contribution in [2.24, 2.45) is 5.73 Å². The molecule has 0 saturated carbocycles. The molecule has 0 aliphatic heterocycles. The zero-order valence-corrected chi connectivity index (χ0v) is 14.8. The van der Waals surface area contributed by atoms with Crippen LogP contribution in [-0.2, 0) is 22.6 Å². The molecule has 0 bridgehead atoms. The van der Waals surface area contributed by atoms with Gasteiger partial charge in [0.15, 0.2) is 5.75 Å². The molecule has 5 nitrogen and oxygen atoms in total. The van der Waals surface area contributed by atoms with Gasteiger partial charge in [-0.1, -0.05) is 6.07 Å². The van der Waals surface area contributed by atoms with Crippen LogP contribution in [0.2, 0.25) is 0 Å². The number of nitrogens with two attached hydrogens (primary N) is 1. The number of ether oxygens (including phenoxy) is 3. The van der Waals surface area contributed by atoms with Crippen LogP contribution in [0.25, 0.3) is 0 Å². The Kier molecular flexibility index (Phi) is 6.79. The van der Waals surface area contributed by atoms with Gasteiger partial charge >= 0.3 is 5.97 Å². The van der Waals surface area contributed by atoms with Gasteiger partial charge in [0.1, 0.15) is 18.4 Å². The molecular formula is C18H16F5NO4. The molecule has 2 aromatic carbocycles. The van der Waals surface area contributed by atoms with Crippen molar-refractivity contribution < 1.29 is 41.0 Å². The Morgan fingerprint density at radius 3 is 2.11 bits per heavy atom. The van der Waals surface area contributed by atoms with Crippen molar-refractivity contribution in [3.05, 3.63) is 58.4 Å². The highest BCUT2D eigenvalue weighted by Crippen LogP contribution is 2.31. The zero-order chi connectivity index (χ0) is 21.0. The van der Waals surface area contributed by atoms with Gasteiger partial charge in [-0.3, -0.25) is 4.79 Å². The highest BCUT2D eigenvalue weighted by atomic mass is 19.2. The van der Waals surface area contributed by atoms with Crippen LogP contribution in [-0.4, -0.2) is 26.2 Å². The number of carbonyl (C=O) groups excluding carboxylic acids is 1. The van der Waals surface area contributed by atoms with Crippen LogP contribution in [0.3, 0.4) is 0 Å². The maximum Gasteiger partial charge on any atom is 0.322 e. The fraction of sp³-hybridized carbons (Fsp3) is 0.278. The highest BCUT2D eigenvalue weighted by molar-refractivity contribution is 5.75. The van der Waals surface area contributed by atoms with Crippen molar-refractivity contribution >= 4 is 5.97 Å². The lowest BCUT2D eigenvalue weighted by atomic mass is 10.0. The number of rotatable bonds is 7. The lowest BCUT2D eigenvalue weighted by molar-refractivity contribution is -0.142. The normalized spacial score (nSPS) is 11.9. The standard InChI is InChI=1S/C18H16F5NO4/c1-26-11-4-3-8(6-10(24)18(25)27-2)5-9(11)7-28-17-15(22)13(20)12(19)14(21)16(17)23/h3-5,10H,6-7,24H2,1-2H3. The Hall–Kier alpha value is -2.88. The number of hydrogen-bond acceptors (Lipinski definition) is 5. The molecule has 0 radical (unpaired) electrons. The molecule has 28 heavy (non-hydrogen) atoms. The van der Waals surface area contributed by atoms with Crippen LogP contribution in [0.4, 0.5) is 22.0 Å². The highest BCUT2D eigenvalue weighted by Gasteiger charge is 2.27. The predicted molar refractivity (Wildman–Crippen MR) is 87.3 cm³/mol. The maximum atomic E-state index is 13.7. The number of benzene rings is 2. The number of halogens is 5. The van der Waals surface area contributed by atoms with Gasteiger partial charge in [0.05, 0.1) is 14.2 Å². The van der Waals surface area contributed by atoms with Gasteiger partial charge in [0.2, 0.25) is 29.1 Å². The molecule has 0 saturated heterocycles. The minimum atomic E-state index is -2.28. The van der Waals surface area contributed by atoms with Crippen molar-refractivity contribution in [2.45, 2.75) is 19.1 Å². The largest absolute Gasteiger partial charge is 0.496 e. The molecule has 2 rings (SSSR count). The first kappa shape index (κ1) is 21.4. The number of hydrogen-bond donors (Lipinski definition) is 1. The van der Waals surface area contributed by atoms with E-state index in [0.29, 0.717) is 5.56 Å². The van der Waals surface area contributed by atoms with E-state index in [4.69, 9.17) is 15.2 Å². The molecule has 2 N–H and O–H groups in total. The molecular weight excluding hydrogens is 389 g/mol. The fourth-order valence-corrected chi connectivity index (χ4v) is 2.42. The Balaban J connectivity index is 2.29. The van der Waals surface area contributed by atoms with E-state index in [1.807, 2.05) is 0 Å². The molecule has 0 aliphatic rings. The molecule has 0 aliphatic carbocycles. The van der Waals surface area contributed by atoms with Crippen LogP contribution in [0.5, 0.6) is 11.5 Å². The summed E-state index contributed by atoms with van der Waals surface area (Å²) in [5.74, 6) is -12.5. The Morgan fingerprint density at radius 1 is 1.00 bits per heavy atom. The zero-order valence-electron chi connectivity index (χ0n) is 14.8. The molecule has 152 valence electrons. The lowest BCUT2D eigenvalue weighted by Gasteiger charge is -2.15. The first-order valence-electron chi connectivity index (χ1n) is 7.84. The predicted octanol–water partition coefficient (Wildman–Crippen LogP) is 3.01. The van der Waals surface area contributed by atoms with Crippen LogP contribution < -0.4 is 15.2 Å². The summed E-state index contributed by atoms with van der Waals surface area (Å²) < 4.78 is 81.5. The summed E-state index contributed by atoms with van der Waals surface area (Å²) in [6, 6.07) is 3.58. The second-order valence-electron chi connectivity index (χ2n) is 5.67. The average Bonchev–Trinajstić information content (AvgIpc) is 2.70. The number of carbonyl (C=O) groups is 1. The first-order valence-corrected chi connectivity index (χ1v) is 7.84. The topological polar surface area (TPSA) is 70.8 Å². The Labute approximate surface area is 156 Å². The molecule has 0 fully saturated rings. The smallest absolute Gasteiger partial charge is 0.322 e. The third kappa shape index (κ3) is 4.33. The van der Waals surface area contributed by atoms with Gasteiger partial charge in [0, 0.05) is 5.56 Å². The second kappa shape index (κ2) is 8.87. The average molecular weight is 405 g/mol. The van der Waals surface area contributed by atoms with Crippen molar-refractivity contribution in [2.75, 3.05) is 14.2 Å². The molecule has 0 amide bonds. The number of esters is 1.